The van der Waals surface area contributed by atoms with Gasteiger partial charge in [0.05, 0.1) is 6.54 Å². The molecule has 0 unspecified atom stereocenters. The number of thiocarbonyl (C=S) groups is 1. The van der Waals surface area contributed by atoms with Gasteiger partial charge in [-0.05, 0) is 39.4 Å². The lowest BCUT2D eigenvalue weighted by atomic mass is 10.4. The molecule has 0 spiro atoms. The van der Waals surface area contributed by atoms with Crippen molar-refractivity contribution in [2.24, 2.45) is 0 Å². The smallest absolute Gasteiger partial charge is 0.241 e. The van der Waals surface area contributed by atoms with Crippen LogP contribution in [0, 0.1) is 0 Å². The summed E-state index contributed by atoms with van der Waals surface area (Å²) in [6.45, 7) is 9.82. The zero-order chi connectivity index (χ0) is 13.8. The van der Waals surface area contributed by atoms with E-state index in [9.17, 15) is 4.79 Å². The van der Waals surface area contributed by atoms with Crippen molar-refractivity contribution in [1.29, 1.82) is 0 Å². The molecule has 0 fully saturated rings. The molecule has 5 nitrogen and oxygen atoms in total. The Bertz CT molecular complexity index is 245. The number of amides is 1. The standard InChI is InChI=1S/C12H25N3O2S/c1-4-15(5-2)11(16)10-14-12(18)13-8-7-9-17-6-3/h4-10H2,1-3H3,(H2,13,14,18). The molecule has 0 radical (unpaired) electrons. The summed E-state index contributed by atoms with van der Waals surface area (Å²) in [5, 5.41) is 6.47. The second-order valence-electron chi connectivity index (χ2n) is 3.73. The average Bonchev–Trinajstić information content (AvgIpc) is 2.37. The maximum Gasteiger partial charge on any atom is 0.241 e. The van der Waals surface area contributed by atoms with Gasteiger partial charge in [0.1, 0.15) is 0 Å². The molecule has 1 amide bonds. The SMILES string of the molecule is CCOCCCNC(=S)NCC(=O)N(CC)CC. The van der Waals surface area contributed by atoms with Crippen molar-refractivity contribution in [2.45, 2.75) is 27.2 Å². The van der Waals surface area contributed by atoms with E-state index in [4.69, 9.17) is 17.0 Å². The molecule has 0 saturated heterocycles. The summed E-state index contributed by atoms with van der Waals surface area (Å²) < 4.78 is 5.21. The molecule has 18 heavy (non-hydrogen) atoms. The zero-order valence-electron chi connectivity index (χ0n) is 11.6. The van der Waals surface area contributed by atoms with Gasteiger partial charge in [-0.2, -0.15) is 0 Å². The number of carbonyl (C=O) groups excluding carboxylic acids is 1. The molecule has 0 aromatic rings. The maximum absolute atomic E-state index is 11.7. The van der Waals surface area contributed by atoms with Gasteiger partial charge in [-0.25, -0.2) is 0 Å². The van der Waals surface area contributed by atoms with Crippen LogP contribution < -0.4 is 10.6 Å². The molecular weight excluding hydrogens is 250 g/mol. The molecule has 0 aromatic carbocycles. The van der Waals surface area contributed by atoms with E-state index in [2.05, 4.69) is 10.6 Å². The van der Waals surface area contributed by atoms with E-state index in [1.54, 1.807) is 4.90 Å². The Labute approximate surface area is 115 Å². The summed E-state index contributed by atoms with van der Waals surface area (Å²) in [4.78, 5) is 13.4. The summed E-state index contributed by atoms with van der Waals surface area (Å²) in [6.07, 6.45) is 0.902. The molecule has 0 aliphatic carbocycles. The monoisotopic (exact) mass is 275 g/mol. The number of likely N-dealkylation sites (N-methyl/N-ethyl adjacent to an activating group) is 1. The Morgan fingerprint density at radius 3 is 2.44 bits per heavy atom. The van der Waals surface area contributed by atoms with Crippen LogP contribution in [0.25, 0.3) is 0 Å². The molecule has 0 rings (SSSR count). The largest absolute Gasteiger partial charge is 0.382 e. The Hall–Kier alpha value is -0.880. The predicted molar refractivity (Wildman–Crippen MR) is 77.6 cm³/mol. The first-order chi connectivity index (χ1) is 8.65. The molecule has 0 aliphatic heterocycles. The van der Waals surface area contributed by atoms with E-state index in [0.29, 0.717) is 5.11 Å². The van der Waals surface area contributed by atoms with Crippen molar-refractivity contribution in [2.75, 3.05) is 39.4 Å². The second-order valence-corrected chi connectivity index (χ2v) is 4.13. The second kappa shape index (κ2) is 11.2. The molecule has 0 atom stereocenters. The highest BCUT2D eigenvalue weighted by Gasteiger charge is 2.08. The van der Waals surface area contributed by atoms with E-state index in [-0.39, 0.29) is 12.5 Å². The van der Waals surface area contributed by atoms with Gasteiger partial charge >= 0.3 is 0 Å². The molecule has 0 heterocycles. The van der Waals surface area contributed by atoms with Crippen LogP contribution in [0.4, 0.5) is 0 Å². The summed E-state index contributed by atoms with van der Waals surface area (Å²) in [5.41, 5.74) is 0. The van der Waals surface area contributed by atoms with Crippen LogP contribution in [0.15, 0.2) is 0 Å². The molecule has 0 saturated carbocycles. The summed E-state index contributed by atoms with van der Waals surface area (Å²) >= 11 is 5.08. The van der Waals surface area contributed by atoms with Crippen molar-refractivity contribution in [3.63, 3.8) is 0 Å². The number of rotatable bonds is 9. The van der Waals surface area contributed by atoms with E-state index >= 15 is 0 Å². The van der Waals surface area contributed by atoms with Crippen LogP contribution in [-0.2, 0) is 9.53 Å². The summed E-state index contributed by atoms with van der Waals surface area (Å²) in [5.74, 6) is 0.0680. The average molecular weight is 275 g/mol. The third-order valence-electron chi connectivity index (χ3n) is 2.47. The lowest BCUT2D eigenvalue weighted by molar-refractivity contribution is -0.129. The number of nitrogens with one attached hydrogen (secondary N) is 2. The Morgan fingerprint density at radius 1 is 1.22 bits per heavy atom. The lowest BCUT2D eigenvalue weighted by Crippen LogP contribution is -2.43. The van der Waals surface area contributed by atoms with Gasteiger partial charge in [0, 0.05) is 32.8 Å². The minimum atomic E-state index is 0.0680. The normalized spacial score (nSPS) is 9.94. The fourth-order valence-corrected chi connectivity index (χ4v) is 1.60. The van der Waals surface area contributed by atoms with Crippen molar-refractivity contribution in [1.82, 2.24) is 15.5 Å². The summed E-state index contributed by atoms with van der Waals surface area (Å²) in [7, 11) is 0. The van der Waals surface area contributed by atoms with Crippen molar-refractivity contribution in [3.8, 4) is 0 Å². The number of carbonyl (C=O) groups is 1. The van der Waals surface area contributed by atoms with Gasteiger partial charge in [0.2, 0.25) is 5.91 Å². The van der Waals surface area contributed by atoms with Crippen molar-refractivity contribution >= 4 is 23.2 Å². The van der Waals surface area contributed by atoms with Crippen LogP contribution in [-0.4, -0.2) is 55.3 Å². The predicted octanol–water partition coefficient (Wildman–Crippen LogP) is 0.746. The van der Waals surface area contributed by atoms with Crippen LogP contribution in [0.5, 0.6) is 0 Å². The van der Waals surface area contributed by atoms with Gasteiger partial charge in [-0.1, -0.05) is 0 Å². The molecule has 2 N–H and O–H groups in total. The highest BCUT2D eigenvalue weighted by Crippen LogP contribution is 1.87. The maximum atomic E-state index is 11.7. The Balaban J connectivity index is 3.60. The number of hydrogen-bond donors (Lipinski definition) is 2. The highest BCUT2D eigenvalue weighted by molar-refractivity contribution is 7.80. The molecule has 0 aromatic heterocycles. The molecule has 6 heteroatoms. The Morgan fingerprint density at radius 2 is 1.89 bits per heavy atom. The van der Waals surface area contributed by atoms with E-state index in [1.165, 1.54) is 0 Å². The first-order valence-electron chi connectivity index (χ1n) is 6.52. The highest BCUT2D eigenvalue weighted by atomic mass is 32.1. The van der Waals surface area contributed by atoms with E-state index < -0.39 is 0 Å². The minimum Gasteiger partial charge on any atom is -0.382 e. The van der Waals surface area contributed by atoms with Crippen LogP contribution in [0.2, 0.25) is 0 Å². The fourth-order valence-electron chi connectivity index (χ4n) is 1.43. The van der Waals surface area contributed by atoms with E-state index in [0.717, 1.165) is 39.3 Å². The number of hydrogen-bond acceptors (Lipinski definition) is 3. The van der Waals surface area contributed by atoms with Crippen LogP contribution in [0.3, 0.4) is 0 Å². The topological polar surface area (TPSA) is 53.6 Å². The molecule has 106 valence electrons. The van der Waals surface area contributed by atoms with Gasteiger partial charge in [-0.15, -0.1) is 0 Å². The minimum absolute atomic E-state index is 0.0680. The number of ether oxygens (including phenoxy) is 1. The summed E-state index contributed by atoms with van der Waals surface area (Å²) in [6, 6.07) is 0. The third-order valence-corrected chi connectivity index (χ3v) is 2.76. The van der Waals surface area contributed by atoms with Crippen LogP contribution in [0.1, 0.15) is 27.2 Å². The van der Waals surface area contributed by atoms with Gasteiger partial charge in [0.15, 0.2) is 5.11 Å². The van der Waals surface area contributed by atoms with Crippen LogP contribution >= 0.6 is 12.2 Å². The lowest BCUT2D eigenvalue weighted by Gasteiger charge is -2.19. The third kappa shape index (κ3) is 8.25. The first kappa shape index (κ1) is 17.1. The van der Waals surface area contributed by atoms with Crippen molar-refractivity contribution < 1.29 is 9.53 Å². The molecule has 0 bridgehead atoms. The van der Waals surface area contributed by atoms with Crippen molar-refractivity contribution in [3.05, 3.63) is 0 Å². The van der Waals surface area contributed by atoms with Gasteiger partial charge in [-0.3, -0.25) is 4.79 Å². The quantitative estimate of drug-likeness (QED) is 0.480. The fraction of sp³-hybridized carbons (Fsp3) is 0.833. The van der Waals surface area contributed by atoms with Gasteiger partial charge < -0.3 is 20.3 Å². The zero-order valence-corrected chi connectivity index (χ0v) is 12.4. The Kier molecular flexibility index (Phi) is 10.7. The van der Waals surface area contributed by atoms with Gasteiger partial charge in [0.25, 0.3) is 0 Å². The first-order valence-corrected chi connectivity index (χ1v) is 6.93. The number of nitrogens with zero attached hydrogens (tertiary/aromatic N) is 1. The molecular formula is C12H25N3O2S. The van der Waals surface area contributed by atoms with E-state index in [1.807, 2.05) is 20.8 Å². The molecule has 0 aliphatic rings.